The number of aromatic nitrogens is 5. The van der Waals surface area contributed by atoms with Crippen LogP contribution in [0.1, 0.15) is 16.1 Å². The molecule has 4 rings (SSSR count). The molecule has 3 heterocycles. The molecule has 0 radical (unpaired) electrons. The first-order valence-electron chi connectivity index (χ1n) is 9.54. The van der Waals surface area contributed by atoms with Gasteiger partial charge in [0, 0.05) is 50.2 Å². The van der Waals surface area contributed by atoms with E-state index in [0.29, 0.717) is 0 Å². The van der Waals surface area contributed by atoms with Gasteiger partial charge in [-0.2, -0.15) is 5.10 Å². The maximum Gasteiger partial charge on any atom is 0.331 e. The molecule has 31 heavy (non-hydrogen) atoms. The fourth-order valence-corrected chi connectivity index (χ4v) is 3.32. The molecule has 3 aromatic heterocycles. The Morgan fingerprint density at radius 1 is 1.03 bits per heavy atom. The topological polar surface area (TPSA) is 115 Å². The minimum absolute atomic E-state index is 0.0118. The molecule has 0 atom stereocenters. The summed E-state index contributed by atoms with van der Waals surface area (Å²) in [5, 5.41) is 9.97. The maximum atomic E-state index is 12.6. The molecule has 0 aliphatic carbocycles. The molecule has 1 amide bonds. The van der Waals surface area contributed by atoms with Crippen LogP contribution < -0.4 is 16.6 Å². The van der Waals surface area contributed by atoms with Gasteiger partial charge in [0.2, 0.25) is 0 Å². The van der Waals surface area contributed by atoms with E-state index in [1.165, 1.54) is 14.1 Å². The van der Waals surface area contributed by atoms with E-state index < -0.39 is 17.2 Å². The summed E-state index contributed by atoms with van der Waals surface area (Å²) >= 11 is 0. The standard InChI is InChI=1S/C22H20N6O3/c1-27-18(11-19(29)28(2)22(27)31)21(30)24-12-14-4-3-5-16(10-14)20-17(13-25-26-20)15-6-8-23-9-7-15/h3-11,13H,12H2,1-2H3,(H,24,30)(H,25,26). The summed E-state index contributed by atoms with van der Waals surface area (Å²) in [7, 11) is 2.82. The van der Waals surface area contributed by atoms with Crippen LogP contribution in [0.4, 0.5) is 0 Å². The van der Waals surface area contributed by atoms with Gasteiger partial charge in [0.25, 0.3) is 11.5 Å². The van der Waals surface area contributed by atoms with Crippen LogP contribution in [-0.2, 0) is 20.6 Å². The lowest BCUT2D eigenvalue weighted by Gasteiger charge is -2.11. The lowest BCUT2D eigenvalue weighted by Crippen LogP contribution is -2.41. The first-order chi connectivity index (χ1) is 15.0. The molecule has 0 fully saturated rings. The highest BCUT2D eigenvalue weighted by Crippen LogP contribution is 2.30. The van der Waals surface area contributed by atoms with Crippen molar-refractivity contribution in [3.05, 3.63) is 93.2 Å². The van der Waals surface area contributed by atoms with E-state index in [4.69, 9.17) is 0 Å². The predicted octanol–water partition coefficient (Wildman–Crippen LogP) is 1.47. The second kappa shape index (κ2) is 8.23. The summed E-state index contributed by atoms with van der Waals surface area (Å²) in [4.78, 5) is 40.5. The average Bonchev–Trinajstić information content (AvgIpc) is 3.29. The predicted molar refractivity (Wildman–Crippen MR) is 115 cm³/mol. The van der Waals surface area contributed by atoms with Crippen LogP contribution in [0.25, 0.3) is 22.4 Å². The number of nitrogens with zero attached hydrogens (tertiary/aromatic N) is 4. The van der Waals surface area contributed by atoms with Crippen molar-refractivity contribution in [1.29, 1.82) is 0 Å². The summed E-state index contributed by atoms with van der Waals surface area (Å²) < 4.78 is 2.10. The van der Waals surface area contributed by atoms with Crippen LogP contribution in [0, 0.1) is 0 Å². The fourth-order valence-electron chi connectivity index (χ4n) is 3.32. The second-order valence-corrected chi connectivity index (χ2v) is 7.05. The van der Waals surface area contributed by atoms with Crippen LogP contribution in [0.5, 0.6) is 0 Å². The van der Waals surface area contributed by atoms with Crippen molar-refractivity contribution >= 4 is 5.91 Å². The van der Waals surface area contributed by atoms with Crippen molar-refractivity contribution in [2.24, 2.45) is 14.1 Å². The molecule has 0 bridgehead atoms. The average molecular weight is 416 g/mol. The third-order valence-corrected chi connectivity index (χ3v) is 5.06. The van der Waals surface area contributed by atoms with Crippen LogP contribution in [-0.4, -0.2) is 30.2 Å². The summed E-state index contributed by atoms with van der Waals surface area (Å²) in [6.07, 6.45) is 5.21. The van der Waals surface area contributed by atoms with E-state index in [2.05, 4.69) is 20.5 Å². The Morgan fingerprint density at radius 2 is 1.81 bits per heavy atom. The van der Waals surface area contributed by atoms with Crippen LogP contribution in [0.3, 0.4) is 0 Å². The number of amides is 1. The number of aromatic amines is 1. The van der Waals surface area contributed by atoms with Crippen molar-refractivity contribution in [1.82, 2.24) is 29.6 Å². The highest BCUT2D eigenvalue weighted by molar-refractivity contribution is 5.92. The molecule has 4 aromatic rings. The summed E-state index contributed by atoms with van der Waals surface area (Å²) in [5.74, 6) is -0.498. The highest BCUT2D eigenvalue weighted by atomic mass is 16.2. The number of pyridine rings is 1. The van der Waals surface area contributed by atoms with Crippen LogP contribution in [0.15, 0.2) is 70.6 Å². The molecule has 2 N–H and O–H groups in total. The monoisotopic (exact) mass is 416 g/mol. The molecule has 9 nitrogen and oxygen atoms in total. The van der Waals surface area contributed by atoms with Gasteiger partial charge >= 0.3 is 5.69 Å². The minimum atomic E-state index is -0.553. The van der Waals surface area contributed by atoms with Crippen LogP contribution in [0.2, 0.25) is 0 Å². The van der Waals surface area contributed by atoms with E-state index in [1.807, 2.05) is 36.4 Å². The number of hydrogen-bond acceptors (Lipinski definition) is 5. The van der Waals surface area contributed by atoms with Gasteiger partial charge < -0.3 is 5.32 Å². The Kier molecular flexibility index (Phi) is 5.31. The van der Waals surface area contributed by atoms with Crippen LogP contribution >= 0.6 is 0 Å². The number of carbonyl (C=O) groups excluding carboxylic acids is 1. The van der Waals surface area contributed by atoms with Crippen molar-refractivity contribution in [3.63, 3.8) is 0 Å². The van der Waals surface area contributed by atoms with E-state index in [9.17, 15) is 14.4 Å². The molecular formula is C22H20N6O3. The molecule has 0 spiro atoms. The van der Waals surface area contributed by atoms with Gasteiger partial charge in [0.05, 0.1) is 11.9 Å². The molecule has 0 unspecified atom stereocenters. The third kappa shape index (κ3) is 3.93. The largest absolute Gasteiger partial charge is 0.347 e. The van der Waals surface area contributed by atoms with Gasteiger partial charge in [-0.25, -0.2) is 4.79 Å². The molecule has 9 heteroatoms. The van der Waals surface area contributed by atoms with Gasteiger partial charge in [-0.1, -0.05) is 18.2 Å². The van der Waals surface area contributed by atoms with Crippen molar-refractivity contribution < 1.29 is 4.79 Å². The van der Waals surface area contributed by atoms with Crippen molar-refractivity contribution in [3.8, 4) is 22.4 Å². The zero-order chi connectivity index (χ0) is 22.0. The number of rotatable bonds is 5. The normalized spacial score (nSPS) is 10.8. The highest BCUT2D eigenvalue weighted by Gasteiger charge is 2.14. The minimum Gasteiger partial charge on any atom is -0.347 e. The van der Waals surface area contributed by atoms with Gasteiger partial charge in [0.15, 0.2) is 0 Å². The maximum absolute atomic E-state index is 12.6. The summed E-state index contributed by atoms with van der Waals surface area (Å²) in [5.41, 5.74) is 3.49. The Balaban J connectivity index is 1.56. The number of nitrogens with one attached hydrogen (secondary N) is 2. The Morgan fingerprint density at radius 3 is 2.58 bits per heavy atom. The number of H-pyrrole nitrogens is 1. The Hall–Kier alpha value is -4.27. The molecule has 0 aliphatic rings. The Bertz CT molecular complexity index is 1370. The van der Waals surface area contributed by atoms with E-state index in [0.717, 1.165) is 43.1 Å². The molecule has 0 saturated heterocycles. The van der Waals surface area contributed by atoms with Crippen molar-refractivity contribution in [2.75, 3.05) is 0 Å². The first kappa shape index (κ1) is 20.0. The number of hydrogen-bond donors (Lipinski definition) is 2. The molecule has 156 valence electrons. The van der Waals surface area contributed by atoms with Crippen molar-refractivity contribution in [2.45, 2.75) is 6.54 Å². The summed E-state index contributed by atoms with van der Waals surface area (Å²) in [6, 6.07) is 12.6. The van der Waals surface area contributed by atoms with E-state index in [-0.39, 0.29) is 12.2 Å². The lowest BCUT2D eigenvalue weighted by atomic mass is 10.0. The third-order valence-electron chi connectivity index (χ3n) is 5.06. The lowest BCUT2D eigenvalue weighted by molar-refractivity contribution is 0.0940. The van der Waals surface area contributed by atoms with E-state index in [1.54, 1.807) is 18.6 Å². The first-order valence-corrected chi connectivity index (χ1v) is 9.54. The molecule has 0 aliphatic heterocycles. The van der Waals surface area contributed by atoms with Gasteiger partial charge in [-0.05, 0) is 29.3 Å². The zero-order valence-electron chi connectivity index (χ0n) is 17.0. The molecular weight excluding hydrogens is 396 g/mol. The summed E-state index contributed by atoms with van der Waals surface area (Å²) in [6.45, 7) is 0.231. The van der Waals surface area contributed by atoms with E-state index >= 15 is 0 Å². The van der Waals surface area contributed by atoms with Gasteiger partial charge in [0.1, 0.15) is 5.69 Å². The Labute approximate surface area is 177 Å². The van der Waals surface area contributed by atoms with Gasteiger partial charge in [-0.15, -0.1) is 0 Å². The molecule has 1 aromatic carbocycles. The SMILES string of the molecule is Cn1c(C(=O)NCc2cccc(-c3[nH]ncc3-c3ccncc3)c2)cc(=O)n(C)c1=O. The molecule has 0 saturated carbocycles. The van der Waals surface area contributed by atoms with Gasteiger partial charge in [-0.3, -0.25) is 28.8 Å². The quantitative estimate of drug-likeness (QED) is 0.511. The smallest absolute Gasteiger partial charge is 0.331 e. The number of carbonyl (C=O) groups is 1. The zero-order valence-corrected chi connectivity index (χ0v) is 17.0. The second-order valence-electron chi connectivity index (χ2n) is 7.05. The number of benzene rings is 1. The fraction of sp³-hybridized carbons (Fsp3) is 0.136.